The van der Waals surface area contributed by atoms with Crippen LogP contribution in [0, 0.1) is 11.6 Å². The Morgan fingerprint density at radius 3 is 2.90 bits per heavy atom. The first kappa shape index (κ1) is 19.7. The minimum absolute atomic E-state index is 0.102. The molecule has 0 bridgehead atoms. The molecule has 0 spiro atoms. The smallest absolute Gasteiger partial charge is 0.255 e. The van der Waals surface area contributed by atoms with E-state index >= 15 is 0 Å². The fraction of sp³-hybridized carbons (Fsp3) is 0.381. The number of hydrogen-bond acceptors (Lipinski definition) is 4. The maximum Gasteiger partial charge on any atom is 0.255 e. The predicted octanol–water partition coefficient (Wildman–Crippen LogP) is 4.06. The third-order valence-electron chi connectivity index (χ3n) is 5.00. The van der Waals surface area contributed by atoms with Crippen molar-refractivity contribution in [1.29, 1.82) is 0 Å². The molecule has 0 aliphatic heterocycles. The topological polar surface area (TPSA) is 59.8 Å². The van der Waals surface area contributed by atoms with Gasteiger partial charge in [-0.3, -0.25) is 9.48 Å². The molecular weight excluding hydrogens is 394 g/mol. The van der Waals surface area contributed by atoms with Crippen LogP contribution in [0.4, 0.5) is 8.78 Å². The molecule has 3 aromatic rings. The minimum atomic E-state index is -0.745. The molecule has 8 heteroatoms. The number of hydrogen-bond donors (Lipinski definition) is 1. The minimum Gasteiger partial charge on any atom is -0.352 e. The van der Waals surface area contributed by atoms with Crippen LogP contribution < -0.4 is 5.32 Å². The van der Waals surface area contributed by atoms with E-state index in [1.165, 1.54) is 34.2 Å². The molecule has 2 aromatic heterocycles. The Morgan fingerprint density at radius 1 is 1.28 bits per heavy atom. The van der Waals surface area contributed by atoms with Crippen molar-refractivity contribution in [2.24, 2.45) is 7.05 Å². The highest BCUT2D eigenvalue weighted by Crippen LogP contribution is 2.27. The van der Waals surface area contributed by atoms with Gasteiger partial charge >= 0.3 is 0 Å². The molecule has 0 unspecified atom stereocenters. The van der Waals surface area contributed by atoms with Crippen molar-refractivity contribution < 1.29 is 13.6 Å². The van der Waals surface area contributed by atoms with Crippen LogP contribution in [0.15, 0.2) is 24.4 Å². The monoisotopic (exact) mass is 416 g/mol. The van der Waals surface area contributed by atoms with Gasteiger partial charge in [0.25, 0.3) is 5.91 Å². The van der Waals surface area contributed by atoms with Crippen molar-refractivity contribution in [3.63, 3.8) is 0 Å². The van der Waals surface area contributed by atoms with Crippen LogP contribution in [0.2, 0.25) is 0 Å². The van der Waals surface area contributed by atoms with Gasteiger partial charge in [-0.1, -0.05) is 0 Å². The molecule has 1 aliphatic carbocycles. The van der Waals surface area contributed by atoms with E-state index in [9.17, 15) is 13.6 Å². The Labute approximate surface area is 171 Å². The van der Waals surface area contributed by atoms with E-state index in [4.69, 9.17) is 4.98 Å². The Hall–Kier alpha value is -2.61. The highest BCUT2D eigenvalue weighted by Gasteiger charge is 2.20. The number of aryl methyl sites for hydroxylation is 4. The summed E-state index contributed by atoms with van der Waals surface area (Å²) in [6.45, 7) is 0.489. The third-order valence-corrected chi connectivity index (χ3v) is 6.22. The summed E-state index contributed by atoms with van der Waals surface area (Å²) in [5, 5.41) is 8.19. The average molecular weight is 416 g/mol. The Balaban J connectivity index is 1.38. The van der Waals surface area contributed by atoms with Gasteiger partial charge < -0.3 is 5.32 Å². The molecule has 1 amide bonds. The van der Waals surface area contributed by atoms with Crippen LogP contribution in [0.1, 0.15) is 45.2 Å². The summed E-state index contributed by atoms with van der Waals surface area (Å²) in [4.78, 5) is 18.8. The summed E-state index contributed by atoms with van der Waals surface area (Å²) in [5.74, 6) is -1.74. The number of amides is 1. The first-order chi connectivity index (χ1) is 14.0. The van der Waals surface area contributed by atoms with Crippen LogP contribution in [0.5, 0.6) is 0 Å². The van der Waals surface area contributed by atoms with Gasteiger partial charge in [-0.25, -0.2) is 13.8 Å². The zero-order valence-corrected chi connectivity index (χ0v) is 17.0. The van der Waals surface area contributed by atoms with Gasteiger partial charge in [-0.2, -0.15) is 5.10 Å². The third kappa shape index (κ3) is 4.37. The lowest BCUT2D eigenvalue weighted by molar-refractivity contribution is 0.0953. The number of carbonyl (C=O) groups is 1. The Morgan fingerprint density at radius 2 is 2.10 bits per heavy atom. The number of aromatic nitrogens is 3. The van der Waals surface area contributed by atoms with E-state index in [2.05, 4.69) is 10.4 Å². The molecule has 1 N–H and O–H groups in total. The van der Waals surface area contributed by atoms with Gasteiger partial charge in [0.15, 0.2) is 0 Å². The fourth-order valence-electron chi connectivity index (χ4n) is 3.58. The van der Waals surface area contributed by atoms with E-state index in [0.717, 1.165) is 42.8 Å². The highest BCUT2D eigenvalue weighted by molar-refractivity contribution is 7.11. The normalized spacial score (nSPS) is 13.3. The van der Waals surface area contributed by atoms with Crippen molar-refractivity contribution in [3.8, 4) is 11.3 Å². The summed E-state index contributed by atoms with van der Waals surface area (Å²) < 4.78 is 28.8. The second-order valence-corrected chi connectivity index (χ2v) is 8.40. The maximum atomic E-state index is 14.2. The second kappa shape index (κ2) is 8.41. The molecule has 4 rings (SSSR count). The lowest BCUT2D eigenvalue weighted by atomic mass is 10.0. The van der Waals surface area contributed by atoms with E-state index in [1.54, 1.807) is 24.6 Å². The van der Waals surface area contributed by atoms with Crippen LogP contribution in [0.25, 0.3) is 11.3 Å². The molecule has 29 heavy (non-hydrogen) atoms. The number of thiazole rings is 1. The number of nitrogens with one attached hydrogen (secondary N) is 1. The number of halogens is 2. The molecule has 1 aliphatic rings. The first-order valence-electron chi connectivity index (χ1n) is 9.76. The molecule has 5 nitrogen and oxygen atoms in total. The lowest BCUT2D eigenvalue weighted by Gasteiger charge is -2.06. The molecule has 1 aromatic carbocycles. The van der Waals surface area contributed by atoms with E-state index in [0.29, 0.717) is 6.54 Å². The van der Waals surface area contributed by atoms with Crippen LogP contribution in [0.3, 0.4) is 0 Å². The summed E-state index contributed by atoms with van der Waals surface area (Å²) in [6, 6.07) is 3.25. The fourth-order valence-corrected chi connectivity index (χ4v) is 4.78. The zero-order chi connectivity index (χ0) is 20.4. The Bertz CT molecular complexity index is 1020. The Kier molecular flexibility index (Phi) is 5.71. The van der Waals surface area contributed by atoms with E-state index in [-0.39, 0.29) is 22.7 Å². The summed E-state index contributed by atoms with van der Waals surface area (Å²) in [6.07, 6.45) is 7.81. The molecule has 2 heterocycles. The second-order valence-electron chi connectivity index (χ2n) is 7.23. The van der Waals surface area contributed by atoms with Gasteiger partial charge in [-0.15, -0.1) is 11.3 Å². The number of nitrogens with zero attached hydrogens (tertiary/aromatic N) is 3. The number of rotatable bonds is 6. The molecule has 152 valence electrons. The van der Waals surface area contributed by atoms with Crippen LogP contribution in [-0.2, 0) is 26.3 Å². The first-order valence-corrected chi connectivity index (χ1v) is 10.6. The molecule has 0 saturated heterocycles. The van der Waals surface area contributed by atoms with Crippen molar-refractivity contribution in [2.45, 2.75) is 38.5 Å². The SMILES string of the molecule is Cn1cc(C(=O)NCCCc2nc3c(s2)CCCC3)c(-c2ccc(F)cc2F)n1. The maximum absolute atomic E-state index is 14.2. The van der Waals surface area contributed by atoms with Crippen LogP contribution >= 0.6 is 11.3 Å². The molecular formula is C21H22F2N4OS. The highest BCUT2D eigenvalue weighted by atomic mass is 32.1. The zero-order valence-electron chi connectivity index (χ0n) is 16.2. The lowest BCUT2D eigenvalue weighted by Crippen LogP contribution is -2.25. The summed E-state index contributed by atoms with van der Waals surface area (Å²) in [5.41, 5.74) is 1.82. The number of carbonyl (C=O) groups excluding carboxylic acids is 1. The van der Waals surface area contributed by atoms with Gasteiger partial charge in [0.1, 0.15) is 17.3 Å². The van der Waals surface area contributed by atoms with Gasteiger partial charge in [0.05, 0.1) is 16.3 Å². The summed E-state index contributed by atoms with van der Waals surface area (Å²) in [7, 11) is 1.66. The van der Waals surface area contributed by atoms with Crippen molar-refractivity contribution in [2.75, 3.05) is 6.54 Å². The number of benzene rings is 1. The van der Waals surface area contributed by atoms with Crippen molar-refractivity contribution in [3.05, 3.63) is 57.2 Å². The molecule has 0 atom stereocenters. The quantitative estimate of drug-likeness (QED) is 0.617. The molecule has 0 saturated carbocycles. The molecule has 0 radical (unpaired) electrons. The van der Waals surface area contributed by atoms with E-state index < -0.39 is 11.6 Å². The predicted molar refractivity (Wildman–Crippen MR) is 108 cm³/mol. The average Bonchev–Trinajstić information content (AvgIpc) is 3.28. The largest absolute Gasteiger partial charge is 0.352 e. The number of fused-ring (bicyclic) bond motifs is 1. The molecule has 0 fully saturated rings. The standard InChI is InChI=1S/C21H22F2N4OS/c1-27-12-15(20(26-27)14-9-8-13(22)11-16(14)23)21(28)24-10-4-7-19-25-17-5-2-3-6-18(17)29-19/h8-9,11-12H,2-7,10H2,1H3,(H,24,28). The van der Waals surface area contributed by atoms with Crippen molar-refractivity contribution >= 4 is 17.2 Å². The van der Waals surface area contributed by atoms with Gasteiger partial charge in [-0.05, 0) is 44.2 Å². The van der Waals surface area contributed by atoms with Gasteiger partial charge in [0, 0.05) is 42.7 Å². The summed E-state index contributed by atoms with van der Waals surface area (Å²) >= 11 is 1.79. The van der Waals surface area contributed by atoms with E-state index in [1.807, 2.05) is 0 Å². The van der Waals surface area contributed by atoms with Gasteiger partial charge in [0.2, 0.25) is 0 Å². The van der Waals surface area contributed by atoms with Crippen LogP contribution in [-0.4, -0.2) is 27.2 Å². The van der Waals surface area contributed by atoms with Crippen molar-refractivity contribution in [1.82, 2.24) is 20.1 Å².